The van der Waals surface area contributed by atoms with Gasteiger partial charge in [-0.25, -0.2) is 0 Å². The highest BCUT2D eigenvalue weighted by atomic mass is 16.6. The molecule has 2 heteroatoms. The quantitative estimate of drug-likeness (QED) is 0.604. The number of rotatable bonds is 3. The molecule has 2 saturated heterocycles. The Morgan fingerprint density at radius 1 is 1.25 bits per heavy atom. The van der Waals surface area contributed by atoms with Crippen LogP contribution in [-0.2, 0) is 6.42 Å². The summed E-state index contributed by atoms with van der Waals surface area (Å²) >= 11 is 0. The lowest BCUT2D eigenvalue weighted by Crippen LogP contribution is -2.51. The molecular weight excluding hydrogens is 246 g/mol. The van der Waals surface area contributed by atoms with Gasteiger partial charge < -0.3 is 9.85 Å². The minimum absolute atomic E-state index is 0.146. The summed E-state index contributed by atoms with van der Waals surface area (Å²) in [6, 6.07) is 11.4. The van der Waals surface area contributed by atoms with Crippen LogP contribution in [0, 0.1) is 16.5 Å². The zero-order valence-corrected chi connectivity index (χ0v) is 12.4. The van der Waals surface area contributed by atoms with Gasteiger partial charge in [-0.15, -0.1) is 0 Å². The molecule has 0 amide bonds. The van der Waals surface area contributed by atoms with E-state index in [9.17, 15) is 5.21 Å². The molecule has 5 atom stereocenters. The maximum atomic E-state index is 13.6. The molecule has 0 radical (unpaired) electrons. The zero-order valence-electron chi connectivity index (χ0n) is 12.4. The van der Waals surface area contributed by atoms with E-state index in [1.807, 2.05) is 0 Å². The predicted octanol–water partition coefficient (Wildman–Crippen LogP) is 3.89. The van der Waals surface area contributed by atoms with E-state index in [4.69, 9.17) is 0 Å². The van der Waals surface area contributed by atoms with Crippen LogP contribution in [0.4, 0.5) is 0 Å². The first kappa shape index (κ1) is 12.8. The molecule has 1 aromatic carbocycles. The Morgan fingerprint density at radius 3 is 2.80 bits per heavy atom. The third-order valence-corrected chi connectivity index (χ3v) is 6.73. The SMILES string of the molecule is CC[C@]12CC[C@@H]3C[C@@H](Cc4ccccc4)[N+]([O-])(CC1)[C@@H]32. The molecular formula is C18H25NO. The summed E-state index contributed by atoms with van der Waals surface area (Å²) < 4.78 is 0.146. The molecule has 1 aromatic rings. The second-order valence-electron chi connectivity index (χ2n) is 7.37. The van der Waals surface area contributed by atoms with Crippen LogP contribution in [0.15, 0.2) is 30.3 Å². The minimum Gasteiger partial charge on any atom is -0.632 e. The summed E-state index contributed by atoms with van der Waals surface area (Å²) in [5, 5.41) is 13.6. The second kappa shape index (κ2) is 4.32. The second-order valence-corrected chi connectivity index (χ2v) is 7.37. The van der Waals surface area contributed by atoms with E-state index in [0.717, 1.165) is 13.0 Å². The molecule has 4 rings (SSSR count). The van der Waals surface area contributed by atoms with E-state index in [1.54, 1.807) is 0 Å². The Labute approximate surface area is 122 Å². The van der Waals surface area contributed by atoms with Gasteiger partial charge >= 0.3 is 0 Å². The summed E-state index contributed by atoms with van der Waals surface area (Å²) in [7, 11) is 0. The molecule has 20 heavy (non-hydrogen) atoms. The monoisotopic (exact) mass is 271 g/mol. The number of quaternary nitrogens is 1. The normalized spacial score (nSPS) is 45.8. The molecule has 0 N–H and O–H groups in total. The van der Waals surface area contributed by atoms with Crippen LogP contribution < -0.4 is 0 Å². The summed E-state index contributed by atoms with van der Waals surface area (Å²) in [6.45, 7) is 3.19. The average molecular weight is 271 g/mol. The molecule has 1 aliphatic carbocycles. The van der Waals surface area contributed by atoms with Gasteiger partial charge in [-0.05, 0) is 24.8 Å². The first-order chi connectivity index (χ1) is 9.68. The van der Waals surface area contributed by atoms with Gasteiger partial charge in [0.25, 0.3) is 0 Å². The van der Waals surface area contributed by atoms with Crippen molar-refractivity contribution in [3.05, 3.63) is 41.1 Å². The number of nitrogens with zero attached hydrogens (tertiary/aromatic N) is 1. The Balaban J connectivity index is 1.62. The smallest absolute Gasteiger partial charge is 0.0979 e. The Morgan fingerprint density at radius 2 is 2.05 bits per heavy atom. The van der Waals surface area contributed by atoms with Crippen LogP contribution >= 0.6 is 0 Å². The third kappa shape index (κ3) is 1.58. The Bertz CT molecular complexity index is 501. The van der Waals surface area contributed by atoms with Crippen LogP contribution in [0.25, 0.3) is 0 Å². The predicted molar refractivity (Wildman–Crippen MR) is 80.9 cm³/mol. The summed E-state index contributed by atoms with van der Waals surface area (Å²) in [4.78, 5) is 0. The highest BCUT2D eigenvalue weighted by molar-refractivity contribution is 5.17. The highest BCUT2D eigenvalue weighted by Crippen LogP contribution is 2.62. The van der Waals surface area contributed by atoms with Crippen molar-refractivity contribution in [2.24, 2.45) is 11.3 Å². The largest absolute Gasteiger partial charge is 0.632 e. The lowest BCUT2D eigenvalue weighted by Gasteiger charge is -2.47. The summed E-state index contributed by atoms with van der Waals surface area (Å²) in [5.41, 5.74) is 1.75. The number of hydroxylamine groups is 3. The minimum atomic E-state index is 0.146. The highest BCUT2D eigenvalue weighted by Gasteiger charge is 2.65. The molecule has 1 saturated carbocycles. The van der Waals surface area contributed by atoms with Gasteiger partial charge in [0.15, 0.2) is 0 Å². The first-order valence-electron chi connectivity index (χ1n) is 8.30. The van der Waals surface area contributed by atoms with Gasteiger partial charge in [-0.1, -0.05) is 37.3 Å². The fourth-order valence-electron chi connectivity index (χ4n) is 5.78. The van der Waals surface area contributed by atoms with E-state index in [2.05, 4.69) is 37.3 Å². The topological polar surface area (TPSA) is 23.1 Å². The van der Waals surface area contributed by atoms with Crippen molar-refractivity contribution < 1.29 is 4.65 Å². The Hall–Kier alpha value is -0.860. The molecule has 2 nitrogen and oxygen atoms in total. The standard InChI is InChI=1S/C18H25NO/c1-2-18-9-8-15-13-16(12-14-6-4-3-5-7-14)19(20,11-10-18)17(15)18/h3-7,15-17H,2,8-13H2,1H3/t15-,16-,17+,18+,19?/m1/s1. The molecule has 2 aliphatic heterocycles. The molecule has 0 bridgehead atoms. The van der Waals surface area contributed by atoms with Crippen molar-refractivity contribution in [3.63, 3.8) is 0 Å². The lowest BCUT2D eigenvalue weighted by molar-refractivity contribution is -0.907. The van der Waals surface area contributed by atoms with Crippen LogP contribution in [0.3, 0.4) is 0 Å². The van der Waals surface area contributed by atoms with E-state index >= 15 is 0 Å². The van der Waals surface area contributed by atoms with Gasteiger partial charge in [0.1, 0.15) is 0 Å². The van der Waals surface area contributed by atoms with Gasteiger partial charge in [-0.3, -0.25) is 0 Å². The van der Waals surface area contributed by atoms with Gasteiger partial charge in [-0.2, -0.15) is 0 Å². The average Bonchev–Trinajstić information content (AvgIpc) is 3.07. The number of hydrogen-bond donors (Lipinski definition) is 0. The fourth-order valence-corrected chi connectivity index (χ4v) is 5.78. The number of hydrogen-bond acceptors (Lipinski definition) is 1. The van der Waals surface area contributed by atoms with Crippen molar-refractivity contribution in [2.75, 3.05) is 6.54 Å². The molecule has 3 fully saturated rings. The van der Waals surface area contributed by atoms with Gasteiger partial charge in [0.05, 0.1) is 18.6 Å². The molecule has 3 aliphatic rings. The Kier molecular flexibility index (Phi) is 2.77. The number of benzene rings is 1. The molecule has 1 unspecified atom stereocenters. The van der Waals surface area contributed by atoms with Crippen molar-refractivity contribution in [1.29, 1.82) is 0 Å². The molecule has 0 aromatic heterocycles. The zero-order chi connectivity index (χ0) is 13.8. The van der Waals surface area contributed by atoms with E-state index < -0.39 is 0 Å². The first-order valence-corrected chi connectivity index (χ1v) is 8.30. The summed E-state index contributed by atoms with van der Waals surface area (Å²) in [6.07, 6.45) is 7.18. The van der Waals surface area contributed by atoms with Crippen LogP contribution in [0.5, 0.6) is 0 Å². The maximum Gasteiger partial charge on any atom is 0.0979 e. The lowest BCUT2D eigenvalue weighted by atomic mass is 9.79. The molecule has 2 heterocycles. The van der Waals surface area contributed by atoms with Gasteiger partial charge in [0.2, 0.25) is 0 Å². The van der Waals surface area contributed by atoms with Crippen molar-refractivity contribution in [3.8, 4) is 0 Å². The molecule has 0 spiro atoms. The van der Waals surface area contributed by atoms with Crippen LogP contribution in [0.2, 0.25) is 0 Å². The fraction of sp³-hybridized carbons (Fsp3) is 0.667. The summed E-state index contributed by atoms with van der Waals surface area (Å²) in [5.74, 6) is 0.712. The van der Waals surface area contributed by atoms with Crippen LogP contribution in [0.1, 0.15) is 44.6 Å². The van der Waals surface area contributed by atoms with Crippen molar-refractivity contribution >= 4 is 0 Å². The van der Waals surface area contributed by atoms with E-state index in [-0.39, 0.29) is 4.65 Å². The van der Waals surface area contributed by atoms with E-state index in [1.165, 1.54) is 37.7 Å². The van der Waals surface area contributed by atoms with Gasteiger partial charge in [0, 0.05) is 30.6 Å². The van der Waals surface area contributed by atoms with Crippen molar-refractivity contribution in [2.45, 2.75) is 57.5 Å². The van der Waals surface area contributed by atoms with Crippen molar-refractivity contribution in [1.82, 2.24) is 0 Å². The third-order valence-electron chi connectivity index (χ3n) is 6.73. The maximum absolute atomic E-state index is 13.6. The van der Waals surface area contributed by atoms with E-state index in [0.29, 0.717) is 23.4 Å². The molecule has 108 valence electrons. The van der Waals surface area contributed by atoms with Crippen LogP contribution in [-0.4, -0.2) is 23.3 Å².